The van der Waals surface area contributed by atoms with Crippen molar-refractivity contribution in [1.29, 1.82) is 0 Å². The molecular weight excluding hydrogens is 372 g/mol. The highest BCUT2D eigenvalue weighted by atomic mass is 35.5. The van der Waals surface area contributed by atoms with E-state index in [1.807, 2.05) is 31.2 Å². The van der Waals surface area contributed by atoms with Crippen LogP contribution in [0.4, 0.5) is 0 Å². The Morgan fingerprint density at radius 1 is 1.19 bits per heavy atom. The zero-order valence-electron chi connectivity index (χ0n) is 14.7. The topological polar surface area (TPSA) is 66.5 Å². The van der Waals surface area contributed by atoms with Crippen LogP contribution in [-0.2, 0) is 16.6 Å². The minimum absolute atomic E-state index is 0.0281. The molecule has 138 valence electrons. The lowest BCUT2D eigenvalue weighted by molar-refractivity contribution is 0.0785. The minimum Gasteiger partial charge on any atom is -0.337 e. The van der Waals surface area contributed by atoms with E-state index in [1.165, 1.54) is 12.1 Å². The van der Waals surface area contributed by atoms with Crippen molar-refractivity contribution in [2.24, 2.45) is 0 Å². The molecular formula is C19H21ClN2O3S. The van der Waals surface area contributed by atoms with E-state index in [-0.39, 0.29) is 21.9 Å². The first kappa shape index (κ1) is 18.9. The zero-order valence-corrected chi connectivity index (χ0v) is 16.3. The first-order valence-electron chi connectivity index (χ1n) is 8.39. The molecule has 2 aromatic rings. The highest BCUT2D eigenvalue weighted by Crippen LogP contribution is 2.27. The van der Waals surface area contributed by atoms with Crippen molar-refractivity contribution in [1.82, 2.24) is 9.62 Å². The maximum absolute atomic E-state index is 12.7. The quantitative estimate of drug-likeness (QED) is 0.819. The van der Waals surface area contributed by atoms with Crippen LogP contribution < -0.4 is 4.72 Å². The molecule has 0 spiro atoms. The fourth-order valence-electron chi connectivity index (χ4n) is 2.59. The Morgan fingerprint density at radius 3 is 2.46 bits per heavy atom. The van der Waals surface area contributed by atoms with Gasteiger partial charge in [0.15, 0.2) is 0 Å². The second-order valence-corrected chi connectivity index (χ2v) is 8.78. The lowest BCUT2D eigenvalue weighted by Gasteiger charge is -2.18. The van der Waals surface area contributed by atoms with Gasteiger partial charge in [-0.05, 0) is 43.5 Å². The summed E-state index contributed by atoms with van der Waals surface area (Å²) in [5.74, 6) is -0.259. The van der Waals surface area contributed by atoms with Crippen LogP contribution in [0.25, 0.3) is 0 Å². The Kier molecular flexibility index (Phi) is 5.37. The summed E-state index contributed by atoms with van der Waals surface area (Å²) in [5, 5.41) is 0.107. The molecule has 5 nitrogen and oxygen atoms in total. The van der Waals surface area contributed by atoms with E-state index < -0.39 is 10.0 Å². The summed E-state index contributed by atoms with van der Waals surface area (Å²) in [4.78, 5) is 14.2. The van der Waals surface area contributed by atoms with Crippen LogP contribution in [-0.4, -0.2) is 32.3 Å². The maximum Gasteiger partial charge on any atom is 0.253 e. The van der Waals surface area contributed by atoms with Crippen LogP contribution in [0.15, 0.2) is 47.4 Å². The Morgan fingerprint density at radius 2 is 1.85 bits per heavy atom. The number of halogens is 1. The van der Waals surface area contributed by atoms with Crippen LogP contribution in [0.1, 0.15) is 34.3 Å². The first-order chi connectivity index (χ1) is 12.3. The third kappa shape index (κ3) is 4.44. The van der Waals surface area contributed by atoms with Crippen molar-refractivity contribution >= 4 is 27.5 Å². The standard InChI is InChI=1S/C19H21ClN2O3S/c1-13-3-5-14(6-4-13)12-22(2)19(23)15-7-10-17(20)18(11-15)26(24,25)21-16-8-9-16/h3-7,10-11,16,21H,8-9,12H2,1-2H3. The van der Waals surface area contributed by atoms with Crippen LogP contribution >= 0.6 is 11.6 Å². The molecule has 1 fully saturated rings. The normalized spacial score (nSPS) is 14.3. The van der Waals surface area contributed by atoms with Gasteiger partial charge in [0.05, 0.1) is 5.02 Å². The predicted octanol–water partition coefficient (Wildman–Crippen LogP) is 3.36. The Labute approximate surface area is 159 Å². The van der Waals surface area contributed by atoms with Crippen LogP contribution in [0.2, 0.25) is 5.02 Å². The molecule has 7 heteroatoms. The molecule has 0 saturated heterocycles. The summed E-state index contributed by atoms with van der Waals surface area (Å²) in [6, 6.07) is 12.2. The average molecular weight is 393 g/mol. The largest absolute Gasteiger partial charge is 0.337 e. The predicted molar refractivity (Wildman–Crippen MR) is 102 cm³/mol. The number of hydrogen-bond donors (Lipinski definition) is 1. The van der Waals surface area contributed by atoms with Gasteiger partial charge in [0.25, 0.3) is 5.91 Å². The molecule has 0 unspecified atom stereocenters. The van der Waals surface area contributed by atoms with Gasteiger partial charge < -0.3 is 4.90 Å². The SMILES string of the molecule is Cc1ccc(CN(C)C(=O)c2ccc(Cl)c(S(=O)(=O)NC3CC3)c2)cc1. The number of hydrogen-bond acceptors (Lipinski definition) is 3. The molecule has 1 N–H and O–H groups in total. The molecule has 0 bridgehead atoms. The number of nitrogens with zero attached hydrogens (tertiary/aromatic N) is 1. The molecule has 26 heavy (non-hydrogen) atoms. The van der Waals surface area contributed by atoms with E-state index in [0.29, 0.717) is 12.1 Å². The summed E-state index contributed by atoms with van der Waals surface area (Å²) in [6.07, 6.45) is 1.66. The van der Waals surface area contributed by atoms with E-state index in [2.05, 4.69) is 4.72 Å². The fraction of sp³-hybridized carbons (Fsp3) is 0.316. The van der Waals surface area contributed by atoms with Crippen molar-refractivity contribution in [3.63, 3.8) is 0 Å². The van der Waals surface area contributed by atoms with Gasteiger partial charge in [-0.3, -0.25) is 4.79 Å². The third-order valence-electron chi connectivity index (χ3n) is 4.25. The van der Waals surface area contributed by atoms with Gasteiger partial charge in [0.1, 0.15) is 4.90 Å². The lowest BCUT2D eigenvalue weighted by atomic mass is 10.1. The monoisotopic (exact) mass is 392 g/mol. The van der Waals surface area contributed by atoms with Gasteiger partial charge in [-0.25, -0.2) is 13.1 Å². The highest BCUT2D eigenvalue weighted by Gasteiger charge is 2.30. The maximum atomic E-state index is 12.7. The molecule has 0 aromatic heterocycles. The van der Waals surface area contributed by atoms with E-state index in [1.54, 1.807) is 18.0 Å². The smallest absolute Gasteiger partial charge is 0.253 e. The van der Waals surface area contributed by atoms with E-state index in [4.69, 9.17) is 11.6 Å². The number of nitrogens with one attached hydrogen (secondary N) is 1. The zero-order chi connectivity index (χ0) is 18.9. The summed E-state index contributed by atoms with van der Waals surface area (Å²) in [6.45, 7) is 2.44. The Bertz CT molecular complexity index is 922. The lowest BCUT2D eigenvalue weighted by Crippen LogP contribution is -2.28. The molecule has 0 atom stereocenters. The molecule has 1 saturated carbocycles. The van der Waals surface area contributed by atoms with Crippen LogP contribution in [0.5, 0.6) is 0 Å². The summed E-state index contributed by atoms with van der Waals surface area (Å²) >= 11 is 6.07. The summed E-state index contributed by atoms with van der Waals surface area (Å²) in [7, 11) is -2.04. The van der Waals surface area contributed by atoms with Gasteiger partial charge in [-0.2, -0.15) is 0 Å². The molecule has 3 rings (SSSR count). The van der Waals surface area contributed by atoms with Crippen LogP contribution in [0.3, 0.4) is 0 Å². The Hall–Kier alpha value is -1.89. The summed E-state index contributed by atoms with van der Waals surface area (Å²) < 4.78 is 27.5. The highest BCUT2D eigenvalue weighted by molar-refractivity contribution is 7.89. The molecule has 0 aliphatic heterocycles. The molecule has 1 aliphatic carbocycles. The van der Waals surface area contributed by atoms with Crippen LogP contribution in [0, 0.1) is 6.92 Å². The Balaban J connectivity index is 1.80. The van der Waals surface area contributed by atoms with E-state index in [9.17, 15) is 13.2 Å². The average Bonchev–Trinajstić information content (AvgIpc) is 3.39. The molecule has 0 radical (unpaired) electrons. The molecule has 1 amide bonds. The van der Waals surface area contributed by atoms with Gasteiger partial charge in [-0.1, -0.05) is 41.4 Å². The van der Waals surface area contributed by atoms with E-state index >= 15 is 0 Å². The first-order valence-corrected chi connectivity index (χ1v) is 10.3. The van der Waals surface area contributed by atoms with Crippen molar-refractivity contribution in [3.05, 3.63) is 64.2 Å². The van der Waals surface area contributed by atoms with Crippen molar-refractivity contribution in [2.45, 2.75) is 37.2 Å². The number of rotatable bonds is 6. The van der Waals surface area contributed by atoms with E-state index in [0.717, 1.165) is 24.0 Å². The number of carbonyl (C=O) groups is 1. The van der Waals surface area contributed by atoms with Gasteiger partial charge >= 0.3 is 0 Å². The van der Waals surface area contributed by atoms with Crippen molar-refractivity contribution < 1.29 is 13.2 Å². The number of aryl methyl sites for hydroxylation is 1. The van der Waals surface area contributed by atoms with Gasteiger partial charge in [0.2, 0.25) is 10.0 Å². The van der Waals surface area contributed by atoms with Gasteiger partial charge in [-0.15, -0.1) is 0 Å². The molecule has 0 heterocycles. The number of amides is 1. The third-order valence-corrected chi connectivity index (χ3v) is 6.26. The fourth-order valence-corrected chi connectivity index (χ4v) is 4.42. The van der Waals surface area contributed by atoms with Crippen molar-refractivity contribution in [2.75, 3.05) is 7.05 Å². The second kappa shape index (κ2) is 7.39. The summed E-state index contributed by atoms with van der Waals surface area (Å²) in [5.41, 5.74) is 2.45. The van der Waals surface area contributed by atoms with Gasteiger partial charge in [0, 0.05) is 25.2 Å². The number of sulfonamides is 1. The second-order valence-electron chi connectivity index (χ2n) is 6.69. The minimum atomic E-state index is -3.73. The number of carbonyl (C=O) groups excluding carboxylic acids is 1. The molecule has 2 aromatic carbocycles. The van der Waals surface area contributed by atoms with Crippen molar-refractivity contribution in [3.8, 4) is 0 Å². The molecule has 1 aliphatic rings. The number of benzene rings is 2.